The second-order valence-corrected chi connectivity index (χ2v) is 6.88. The molecule has 1 unspecified atom stereocenters. The molecule has 4 nitrogen and oxygen atoms in total. The van der Waals surface area contributed by atoms with Crippen LogP contribution in [0.2, 0.25) is 0 Å². The van der Waals surface area contributed by atoms with E-state index < -0.39 is 10.8 Å². The highest BCUT2D eigenvalue weighted by Gasteiger charge is 2.09. The Morgan fingerprint density at radius 2 is 1.95 bits per heavy atom. The van der Waals surface area contributed by atoms with E-state index in [1.807, 2.05) is 12.1 Å². The molecule has 1 amide bonds. The Balaban J connectivity index is 1.90. The quantitative estimate of drug-likeness (QED) is 0.798. The van der Waals surface area contributed by atoms with Crippen LogP contribution in [0.15, 0.2) is 57.9 Å². The number of carbonyl (C=O) groups excluding carboxylic acids is 1. The molecule has 0 saturated heterocycles. The maximum Gasteiger partial charge on any atom is 0.225 e. The molecule has 21 heavy (non-hydrogen) atoms. The van der Waals surface area contributed by atoms with E-state index in [4.69, 9.17) is 5.73 Å². The zero-order valence-electron chi connectivity index (χ0n) is 11.2. The number of amides is 1. The molecule has 0 aliphatic rings. The third-order valence-electron chi connectivity index (χ3n) is 2.81. The second-order valence-electron chi connectivity index (χ2n) is 4.39. The molecule has 0 aromatic heterocycles. The van der Waals surface area contributed by atoms with Gasteiger partial charge < -0.3 is 11.1 Å². The fourth-order valence-corrected chi connectivity index (χ4v) is 3.38. The largest absolute Gasteiger partial charge is 0.397 e. The van der Waals surface area contributed by atoms with Crippen molar-refractivity contribution in [1.29, 1.82) is 0 Å². The first kappa shape index (κ1) is 15.7. The summed E-state index contributed by atoms with van der Waals surface area (Å²) in [5.41, 5.74) is 6.84. The average molecular weight is 367 g/mol. The van der Waals surface area contributed by atoms with Crippen LogP contribution in [0, 0.1) is 0 Å². The highest BCUT2D eigenvalue weighted by Crippen LogP contribution is 2.18. The van der Waals surface area contributed by atoms with Gasteiger partial charge >= 0.3 is 0 Å². The summed E-state index contributed by atoms with van der Waals surface area (Å²) < 4.78 is 13.0. The van der Waals surface area contributed by atoms with E-state index in [9.17, 15) is 9.00 Å². The number of benzene rings is 2. The highest BCUT2D eigenvalue weighted by atomic mass is 79.9. The van der Waals surface area contributed by atoms with E-state index in [0.29, 0.717) is 16.3 Å². The first-order chi connectivity index (χ1) is 10.1. The lowest BCUT2D eigenvalue weighted by Crippen LogP contribution is -2.15. The Hall–Kier alpha value is -1.66. The first-order valence-corrected chi connectivity index (χ1v) is 8.46. The van der Waals surface area contributed by atoms with Gasteiger partial charge in [0, 0.05) is 21.5 Å². The normalized spacial score (nSPS) is 11.9. The summed E-state index contributed by atoms with van der Waals surface area (Å²) >= 11 is 3.34. The number of hydrogen-bond acceptors (Lipinski definition) is 3. The van der Waals surface area contributed by atoms with Gasteiger partial charge in [0.15, 0.2) is 0 Å². The first-order valence-electron chi connectivity index (χ1n) is 6.34. The van der Waals surface area contributed by atoms with Crippen LogP contribution in [0.1, 0.15) is 6.42 Å². The molecule has 0 aliphatic heterocycles. The van der Waals surface area contributed by atoms with Crippen molar-refractivity contribution in [3.05, 3.63) is 53.0 Å². The number of nitrogens with two attached hydrogens (primary N) is 1. The number of rotatable bonds is 5. The monoisotopic (exact) mass is 366 g/mol. The molecule has 0 heterocycles. The summed E-state index contributed by atoms with van der Waals surface area (Å²) in [5, 5.41) is 2.72. The lowest BCUT2D eigenvalue weighted by atomic mass is 10.2. The molecule has 2 aromatic rings. The Labute approximate surface area is 134 Å². The van der Waals surface area contributed by atoms with Crippen molar-refractivity contribution in [2.24, 2.45) is 0 Å². The van der Waals surface area contributed by atoms with Crippen molar-refractivity contribution in [1.82, 2.24) is 0 Å². The Morgan fingerprint density at radius 3 is 2.67 bits per heavy atom. The van der Waals surface area contributed by atoms with Crippen molar-refractivity contribution in [3.63, 3.8) is 0 Å². The molecule has 3 N–H and O–H groups in total. The van der Waals surface area contributed by atoms with Crippen molar-refractivity contribution in [2.45, 2.75) is 11.3 Å². The summed E-state index contributed by atoms with van der Waals surface area (Å²) in [6.45, 7) is 0. The van der Waals surface area contributed by atoms with Crippen LogP contribution in [0.3, 0.4) is 0 Å². The molecule has 2 aromatic carbocycles. The molecular formula is C15H15BrN2O2S. The van der Waals surface area contributed by atoms with Gasteiger partial charge in [-0.3, -0.25) is 9.00 Å². The number of anilines is 2. The zero-order chi connectivity index (χ0) is 15.2. The van der Waals surface area contributed by atoms with Gasteiger partial charge in [0.1, 0.15) is 0 Å². The number of hydrogen-bond donors (Lipinski definition) is 2. The van der Waals surface area contributed by atoms with Gasteiger partial charge in [-0.25, -0.2) is 0 Å². The summed E-state index contributed by atoms with van der Waals surface area (Å²) in [6.07, 6.45) is 0.174. The maximum absolute atomic E-state index is 12.1. The number of nitrogens with one attached hydrogen (secondary N) is 1. The fourth-order valence-electron chi connectivity index (χ4n) is 1.74. The zero-order valence-corrected chi connectivity index (χ0v) is 13.6. The van der Waals surface area contributed by atoms with Crippen LogP contribution in [0.25, 0.3) is 0 Å². The smallest absolute Gasteiger partial charge is 0.225 e. The van der Waals surface area contributed by atoms with Crippen molar-refractivity contribution >= 4 is 44.0 Å². The number of carbonyl (C=O) groups is 1. The summed E-state index contributed by atoms with van der Waals surface area (Å²) in [6, 6.07) is 14.3. The Bertz CT molecular complexity index is 676. The van der Waals surface area contributed by atoms with Gasteiger partial charge in [-0.2, -0.15) is 0 Å². The Morgan fingerprint density at radius 1 is 1.19 bits per heavy atom. The molecular weight excluding hydrogens is 352 g/mol. The van der Waals surface area contributed by atoms with Crippen LogP contribution in [0.4, 0.5) is 11.4 Å². The topological polar surface area (TPSA) is 72.2 Å². The Kier molecular flexibility index (Phi) is 5.52. The predicted molar refractivity (Wildman–Crippen MR) is 89.5 cm³/mol. The van der Waals surface area contributed by atoms with Crippen LogP contribution in [0.5, 0.6) is 0 Å². The van der Waals surface area contributed by atoms with Gasteiger partial charge in [0.25, 0.3) is 0 Å². The lowest BCUT2D eigenvalue weighted by Gasteiger charge is -2.08. The number of para-hydroxylation sites is 2. The molecule has 6 heteroatoms. The molecule has 0 fully saturated rings. The van der Waals surface area contributed by atoms with Gasteiger partial charge in [-0.05, 0) is 30.3 Å². The van der Waals surface area contributed by atoms with E-state index in [2.05, 4.69) is 21.2 Å². The van der Waals surface area contributed by atoms with E-state index in [1.54, 1.807) is 36.4 Å². The number of halogens is 1. The van der Waals surface area contributed by atoms with Crippen LogP contribution in [-0.2, 0) is 15.6 Å². The van der Waals surface area contributed by atoms with Gasteiger partial charge in [-0.1, -0.05) is 34.1 Å². The molecule has 1 atom stereocenters. The SMILES string of the molecule is Nc1ccccc1NC(=O)CCS(=O)c1cccc(Br)c1. The molecule has 0 bridgehead atoms. The minimum absolute atomic E-state index is 0.174. The third kappa shape index (κ3) is 4.68. The van der Waals surface area contributed by atoms with Crippen molar-refractivity contribution in [3.8, 4) is 0 Å². The fraction of sp³-hybridized carbons (Fsp3) is 0.133. The minimum atomic E-state index is -1.20. The maximum atomic E-state index is 12.1. The molecule has 110 valence electrons. The van der Waals surface area contributed by atoms with E-state index >= 15 is 0 Å². The summed E-state index contributed by atoms with van der Waals surface area (Å²) in [4.78, 5) is 12.6. The van der Waals surface area contributed by atoms with Gasteiger partial charge in [0.2, 0.25) is 5.91 Å². The highest BCUT2D eigenvalue weighted by molar-refractivity contribution is 9.10. The van der Waals surface area contributed by atoms with E-state index in [-0.39, 0.29) is 18.1 Å². The van der Waals surface area contributed by atoms with Gasteiger partial charge in [-0.15, -0.1) is 0 Å². The van der Waals surface area contributed by atoms with Gasteiger partial charge in [0.05, 0.1) is 22.2 Å². The number of nitrogen functional groups attached to an aromatic ring is 1. The average Bonchev–Trinajstić information content (AvgIpc) is 2.47. The second kappa shape index (κ2) is 7.38. The predicted octanol–water partition coefficient (Wildman–Crippen LogP) is 3.17. The van der Waals surface area contributed by atoms with E-state index in [0.717, 1.165) is 4.47 Å². The van der Waals surface area contributed by atoms with Crippen LogP contribution >= 0.6 is 15.9 Å². The standard InChI is InChI=1S/C15H15BrN2O2S/c16-11-4-3-5-12(10-11)21(20)9-8-15(19)18-14-7-2-1-6-13(14)17/h1-7,10H,8-9,17H2,(H,18,19). The lowest BCUT2D eigenvalue weighted by molar-refractivity contribution is -0.115. The van der Waals surface area contributed by atoms with E-state index in [1.165, 1.54) is 0 Å². The summed E-state index contributed by atoms with van der Waals surface area (Å²) in [7, 11) is -1.20. The van der Waals surface area contributed by atoms with Crippen molar-refractivity contribution in [2.75, 3.05) is 16.8 Å². The molecule has 2 rings (SSSR count). The summed E-state index contributed by atoms with van der Waals surface area (Å²) in [5.74, 6) is 0.0749. The molecule has 0 radical (unpaired) electrons. The third-order valence-corrected chi connectivity index (χ3v) is 4.66. The molecule has 0 aliphatic carbocycles. The minimum Gasteiger partial charge on any atom is -0.397 e. The molecule has 0 saturated carbocycles. The van der Waals surface area contributed by atoms with Crippen LogP contribution in [-0.4, -0.2) is 15.9 Å². The van der Waals surface area contributed by atoms with Crippen molar-refractivity contribution < 1.29 is 9.00 Å². The van der Waals surface area contributed by atoms with Crippen LogP contribution < -0.4 is 11.1 Å². The molecule has 0 spiro atoms.